The minimum atomic E-state index is 0.0172. The van der Waals surface area contributed by atoms with Crippen LogP contribution in [0.5, 0.6) is 5.88 Å². The second-order valence-corrected chi connectivity index (χ2v) is 4.94. The van der Waals surface area contributed by atoms with Crippen molar-refractivity contribution in [1.29, 1.82) is 0 Å². The van der Waals surface area contributed by atoms with Gasteiger partial charge in [0.15, 0.2) is 0 Å². The molecule has 0 aromatic carbocycles. The number of carbonyl (C=O) groups is 1. The molecule has 1 atom stereocenters. The zero-order valence-electron chi connectivity index (χ0n) is 10.8. The number of nitrogens with zero attached hydrogens (tertiary/aromatic N) is 3. The van der Waals surface area contributed by atoms with Crippen LogP contribution in [0.15, 0.2) is 18.6 Å². The van der Waals surface area contributed by atoms with E-state index in [9.17, 15) is 4.79 Å². The van der Waals surface area contributed by atoms with Gasteiger partial charge < -0.3 is 9.64 Å². The molecule has 0 saturated carbocycles. The number of carbonyl (C=O) groups excluding carboxylic acids is 1. The molecule has 6 heteroatoms. The van der Waals surface area contributed by atoms with Crippen LogP contribution in [0.4, 0.5) is 0 Å². The van der Waals surface area contributed by atoms with Crippen molar-refractivity contribution in [1.82, 2.24) is 14.9 Å². The summed E-state index contributed by atoms with van der Waals surface area (Å²) in [5, 5.41) is 0. The molecule has 1 aromatic rings. The summed E-state index contributed by atoms with van der Waals surface area (Å²) in [5.74, 6) is 1.26. The first-order valence-corrected chi connectivity index (χ1v) is 7.09. The number of piperidine rings is 1. The lowest BCUT2D eigenvalue weighted by Gasteiger charge is -2.32. The molecule has 0 spiro atoms. The van der Waals surface area contributed by atoms with E-state index in [4.69, 9.17) is 16.3 Å². The Morgan fingerprint density at radius 3 is 3.21 bits per heavy atom. The molecule has 1 aliphatic rings. The average Bonchev–Trinajstić information content (AvgIpc) is 2.46. The molecule has 1 unspecified atom stereocenters. The maximum absolute atomic E-state index is 11.9. The Bertz CT molecular complexity index is 402. The zero-order chi connectivity index (χ0) is 13.5. The number of rotatable bonds is 5. The lowest BCUT2D eigenvalue weighted by Crippen LogP contribution is -2.44. The molecule has 0 aliphatic carbocycles. The minimum Gasteiger partial charge on any atom is -0.472 e. The topological polar surface area (TPSA) is 55.3 Å². The van der Waals surface area contributed by atoms with Gasteiger partial charge in [0.25, 0.3) is 0 Å². The van der Waals surface area contributed by atoms with Crippen LogP contribution in [-0.2, 0) is 4.79 Å². The molecule has 1 amide bonds. The number of halogens is 1. The van der Waals surface area contributed by atoms with Crippen molar-refractivity contribution in [3.8, 4) is 5.88 Å². The van der Waals surface area contributed by atoms with Crippen molar-refractivity contribution in [2.45, 2.75) is 31.8 Å². The van der Waals surface area contributed by atoms with Crippen LogP contribution in [0.2, 0.25) is 0 Å². The Morgan fingerprint density at radius 2 is 2.47 bits per heavy atom. The van der Waals surface area contributed by atoms with Gasteiger partial charge in [-0.05, 0) is 19.3 Å². The summed E-state index contributed by atoms with van der Waals surface area (Å²) in [7, 11) is 0. The van der Waals surface area contributed by atoms with Crippen LogP contribution in [-0.4, -0.2) is 45.8 Å². The van der Waals surface area contributed by atoms with E-state index in [1.165, 1.54) is 6.33 Å². The molecule has 1 saturated heterocycles. The van der Waals surface area contributed by atoms with Crippen molar-refractivity contribution in [3.63, 3.8) is 0 Å². The molecule has 2 rings (SSSR count). The SMILES string of the molecule is O=C(CCCCl)N1CCCC(Oc2ccncn2)C1. The number of amides is 1. The van der Waals surface area contributed by atoms with Crippen LogP contribution >= 0.6 is 11.6 Å². The fourth-order valence-electron chi connectivity index (χ4n) is 2.16. The van der Waals surface area contributed by atoms with Gasteiger partial charge in [-0.15, -0.1) is 11.6 Å². The Balaban J connectivity index is 1.85. The highest BCUT2D eigenvalue weighted by molar-refractivity contribution is 6.17. The van der Waals surface area contributed by atoms with Crippen molar-refractivity contribution in [2.75, 3.05) is 19.0 Å². The summed E-state index contributed by atoms with van der Waals surface area (Å²) in [6.45, 7) is 1.44. The average molecular weight is 284 g/mol. The number of hydrogen-bond donors (Lipinski definition) is 0. The van der Waals surface area contributed by atoms with Gasteiger partial charge in [0.2, 0.25) is 11.8 Å². The van der Waals surface area contributed by atoms with E-state index in [2.05, 4.69) is 9.97 Å². The molecule has 5 nitrogen and oxygen atoms in total. The number of aromatic nitrogens is 2. The molecular formula is C13H18ClN3O2. The Kier molecular flexibility index (Phi) is 5.39. The van der Waals surface area contributed by atoms with E-state index in [-0.39, 0.29) is 12.0 Å². The van der Waals surface area contributed by atoms with Gasteiger partial charge in [0.1, 0.15) is 12.4 Å². The predicted octanol–water partition coefficient (Wildman–Crippen LogP) is 1.87. The largest absolute Gasteiger partial charge is 0.472 e. The predicted molar refractivity (Wildman–Crippen MR) is 72.2 cm³/mol. The maximum atomic E-state index is 11.9. The van der Waals surface area contributed by atoms with Crippen molar-refractivity contribution in [2.24, 2.45) is 0 Å². The highest BCUT2D eigenvalue weighted by Crippen LogP contribution is 2.17. The first kappa shape index (κ1) is 14.1. The Morgan fingerprint density at radius 1 is 1.58 bits per heavy atom. The molecule has 2 heterocycles. The highest BCUT2D eigenvalue weighted by atomic mass is 35.5. The maximum Gasteiger partial charge on any atom is 0.222 e. The summed E-state index contributed by atoms with van der Waals surface area (Å²) in [4.78, 5) is 21.7. The summed E-state index contributed by atoms with van der Waals surface area (Å²) >= 11 is 5.61. The Labute approximate surface area is 117 Å². The van der Waals surface area contributed by atoms with E-state index in [1.54, 1.807) is 12.3 Å². The third-order valence-corrected chi connectivity index (χ3v) is 3.36. The lowest BCUT2D eigenvalue weighted by atomic mass is 10.1. The van der Waals surface area contributed by atoms with E-state index in [0.29, 0.717) is 24.7 Å². The first-order chi connectivity index (χ1) is 9.29. The molecule has 1 aliphatic heterocycles. The van der Waals surface area contributed by atoms with Gasteiger partial charge in [-0.1, -0.05) is 0 Å². The van der Waals surface area contributed by atoms with Gasteiger partial charge in [-0.25, -0.2) is 9.97 Å². The fraction of sp³-hybridized carbons (Fsp3) is 0.615. The molecule has 0 radical (unpaired) electrons. The number of alkyl halides is 1. The number of hydrogen-bond acceptors (Lipinski definition) is 4. The van der Waals surface area contributed by atoms with E-state index >= 15 is 0 Å². The molecule has 0 N–H and O–H groups in total. The molecular weight excluding hydrogens is 266 g/mol. The third kappa shape index (κ3) is 4.35. The monoisotopic (exact) mass is 283 g/mol. The van der Waals surface area contributed by atoms with Gasteiger partial charge >= 0.3 is 0 Å². The normalized spacial score (nSPS) is 19.2. The van der Waals surface area contributed by atoms with Crippen molar-refractivity contribution >= 4 is 17.5 Å². The quantitative estimate of drug-likeness (QED) is 0.774. The van der Waals surface area contributed by atoms with Crippen molar-refractivity contribution < 1.29 is 9.53 Å². The first-order valence-electron chi connectivity index (χ1n) is 6.56. The smallest absolute Gasteiger partial charge is 0.222 e. The van der Waals surface area contributed by atoms with E-state index < -0.39 is 0 Å². The second-order valence-electron chi connectivity index (χ2n) is 4.56. The van der Waals surface area contributed by atoms with Gasteiger partial charge in [0.05, 0.1) is 6.54 Å². The number of ether oxygens (including phenoxy) is 1. The van der Waals surface area contributed by atoms with Crippen LogP contribution in [0.3, 0.4) is 0 Å². The van der Waals surface area contributed by atoms with E-state index in [1.807, 2.05) is 4.90 Å². The summed E-state index contributed by atoms with van der Waals surface area (Å²) in [6.07, 6.45) is 6.28. The second kappa shape index (κ2) is 7.28. The zero-order valence-corrected chi connectivity index (χ0v) is 11.6. The molecule has 104 valence electrons. The summed E-state index contributed by atoms with van der Waals surface area (Å²) in [5.41, 5.74) is 0. The fourth-order valence-corrected chi connectivity index (χ4v) is 2.29. The molecule has 0 bridgehead atoms. The van der Waals surface area contributed by atoms with Gasteiger partial charge in [-0.3, -0.25) is 4.79 Å². The highest BCUT2D eigenvalue weighted by Gasteiger charge is 2.24. The summed E-state index contributed by atoms with van der Waals surface area (Å²) in [6, 6.07) is 1.73. The molecule has 19 heavy (non-hydrogen) atoms. The van der Waals surface area contributed by atoms with Crippen LogP contribution < -0.4 is 4.74 Å². The van der Waals surface area contributed by atoms with Gasteiger partial charge in [-0.2, -0.15) is 0 Å². The molecule has 1 aromatic heterocycles. The van der Waals surface area contributed by atoms with Crippen LogP contribution in [0.25, 0.3) is 0 Å². The molecule has 1 fully saturated rings. The van der Waals surface area contributed by atoms with Crippen LogP contribution in [0.1, 0.15) is 25.7 Å². The Hall–Kier alpha value is -1.36. The minimum absolute atomic E-state index is 0.0172. The lowest BCUT2D eigenvalue weighted by molar-refractivity contribution is -0.133. The van der Waals surface area contributed by atoms with Crippen molar-refractivity contribution in [3.05, 3.63) is 18.6 Å². The van der Waals surface area contributed by atoms with Crippen LogP contribution in [0, 0.1) is 0 Å². The van der Waals surface area contributed by atoms with E-state index in [0.717, 1.165) is 25.8 Å². The third-order valence-electron chi connectivity index (χ3n) is 3.10. The summed E-state index contributed by atoms with van der Waals surface area (Å²) < 4.78 is 5.77. The standard InChI is InChI=1S/C13H18ClN3O2/c14-6-1-4-13(18)17-8-2-3-11(9-17)19-12-5-7-15-10-16-12/h5,7,10-11H,1-4,6,8-9H2. The number of likely N-dealkylation sites (tertiary alicyclic amines) is 1. The van der Waals surface area contributed by atoms with Gasteiger partial charge in [0, 0.05) is 31.1 Å².